The van der Waals surface area contributed by atoms with Gasteiger partial charge in [-0.15, -0.1) is 0 Å². The van der Waals surface area contributed by atoms with Crippen molar-refractivity contribution < 1.29 is 34.2 Å². The second kappa shape index (κ2) is 21.6. The summed E-state index contributed by atoms with van der Waals surface area (Å²) in [5.74, 6) is -3.10. The molecule has 0 rings (SSSR count). The van der Waals surface area contributed by atoms with Crippen LogP contribution in [0.1, 0.15) is 116 Å². The fraction of sp³-hybridized carbons (Fsp3) is 0.815. The minimum atomic E-state index is -1.19. The Morgan fingerprint density at radius 1 is 0.618 bits per heavy atom. The van der Waals surface area contributed by atoms with Gasteiger partial charge in [0, 0.05) is 12.4 Å². The molecule has 0 heterocycles. The van der Waals surface area contributed by atoms with E-state index < -0.39 is 17.9 Å². The van der Waals surface area contributed by atoms with E-state index >= 15 is 0 Å². The Labute approximate surface area is 206 Å². The van der Waals surface area contributed by atoms with Crippen LogP contribution in [0.5, 0.6) is 0 Å². The quantitative estimate of drug-likeness (QED) is 0.108. The van der Waals surface area contributed by atoms with E-state index in [1.165, 1.54) is 57.8 Å². The van der Waals surface area contributed by atoms with Gasteiger partial charge in [0.2, 0.25) is 0 Å². The predicted molar refractivity (Wildman–Crippen MR) is 133 cm³/mol. The van der Waals surface area contributed by atoms with Crippen molar-refractivity contribution in [1.82, 2.24) is 0 Å². The lowest BCUT2D eigenvalue weighted by Gasteiger charge is -2.38. The minimum absolute atomic E-state index is 0.103. The molecule has 0 aliphatic heterocycles. The summed E-state index contributed by atoms with van der Waals surface area (Å²) < 4.78 is 0.209. The summed E-state index contributed by atoms with van der Waals surface area (Å²) >= 11 is 0. The molecule has 0 atom stereocenters. The van der Waals surface area contributed by atoms with Gasteiger partial charge in [0.05, 0.1) is 39.0 Å². The van der Waals surface area contributed by atoms with Gasteiger partial charge in [0.25, 0.3) is 0 Å². The van der Waals surface area contributed by atoms with Crippen molar-refractivity contribution in [3.63, 3.8) is 0 Å². The predicted octanol–water partition coefficient (Wildman–Crippen LogP) is 4.93. The second-order valence-corrected chi connectivity index (χ2v) is 9.58. The maximum Gasteiger partial charge on any atom is 0.309 e. The molecule has 0 unspecified atom stereocenters. The molecule has 7 heteroatoms. The molecule has 0 spiro atoms. The summed E-state index contributed by atoms with van der Waals surface area (Å²) in [5.41, 5.74) is 0. The van der Waals surface area contributed by atoms with Gasteiger partial charge in [-0.3, -0.25) is 9.59 Å². The number of allylic oxidation sites excluding steroid dienone is 2. The van der Waals surface area contributed by atoms with Crippen molar-refractivity contribution in [2.24, 2.45) is 0 Å². The summed E-state index contributed by atoms with van der Waals surface area (Å²) in [5, 5.41) is 29.1. The molecule has 0 radical (unpaired) electrons. The van der Waals surface area contributed by atoms with Crippen LogP contribution in [0.4, 0.5) is 0 Å². The zero-order chi connectivity index (χ0) is 25.5. The van der Waals surface area contributed by atoms with E-state index in [9.17, 15) is 19.5 Å². The third-order valence-corrected chi connectivity index (χ3v) is 6.53. The summed E-state index contributed by atoms with van der Waals surface area (Å²) in [7, 11) is 0. The third kappa shape index (κ3) is 20.7. The van der Waals surface area contributed by atoms with Crippen molar-refractivity contribution in [3.8, 4) is 0 Å². The van der Waals surface area contributed by atoms with E-state index in [0.29, 0.717) is 6.54 Å². The fourth-order valence-electron chi connectivity index (χ4n) is 4.36. The lowest BCUT2D eigenvalue weighted by atomic mass is 10.1. The first-order valence-electron chi connectivity index (χ1n) is 13.4. The number of carboxylic acids is 3. The Morgan fingerprint density at radius 2 is 1.03 bits per heavy atom. The number of rotatable bonds is 25. The van der Waals surface area contributed by atoms with E-state index in [4.69, 9.17) is 10.2 Å². The van der Waals surface area contributed by atoms with Crippen molar-refractivity contribution in [2.75, 3.05) is 26.2 Å². The molecule has 0 saturated heterocycles. The highest BCUT2D eigenvalue weighted by atomic mass is 16.4. The fourth-order valence-corrected chi connectivity index (χ4v) is 4.36. The second-order valence-electron chi connectivity index (χ2n) is 9.58. The van der Waals surface area contributed by atoms with Gasteiger partial charge in [0.15, 0.2) is 0 Å². The van der Waals surface area contributed by atoms with Crippen LogP contribution in [0, 0.1) is 0 Å². The number of carbonyl (C=O) groups excluding carboxylic acids is 1. The molecule has 0 amide bonds. The van der Waals surface area contributed by atoms with Crippen molar-refractivity contribution in [1.29, 1.82) is 0 Å². The van der Waals surface area contributed by atoms with E-state index in [-0.39, 0.29) is 43.4 Å². The average Bonchev–Trinajstić information content (AvgIpc) is 2.79. The largest absolute Gasteiger partial charge is 0.550 e. The van der Waals surface area contributed by atoms with E-state index in [0.717, 1.165) is 32.1 Å². The molecular weight excluding hydrogens is 434 g/mol. The van der Waals surface area contributed by atoms with Crippen molar-refractivity contribution >= 4 is 17.9 Å². The van der Waals surface area contributed by atoms with E-state index in [2.05, 4.69) is 19.1 Å². The SMILES string of the molecule is CCCCCCCCCCC/C=C/CCCCC[N+](CCC(=O)[O-])(CCC(=O)O)CCC(=O)O. The zero-order valence-corrected chi connectivity index (χ0v) is 21.5. The van der Waals surface area contributed by atoms with Crippen LogP contribution in [0.25, 0.3) is 0 Å². The lowest BCUT2D eigenvalue weighted by Crippen LogP contribution is -2.53. The highest BCUT2D eigenvalue weighted by Crippen LogP contribution is 2.16. The third-order valence-electron chi connectivity index (χ3n) is 6.53. The average molecular weight is 484 g/mol. The number of carboxylic acid groups (broad SMARTS) is 3. The molecule has 0 aromatic heterocycles. The van der Waals surface area contributed by atoms with E-state index in [1.807, 2.05) is 0 Å². The number of hydrogen-bond acceptors (Lipinski definition) is 4. The number of nitrogens with zero attached hydrogens (tertiary/aromatic N) is 1. The van der Waals surface area contributed by atoms with E-state index in [1.54, 1.807) is 0 Å². The van der Waals surface area contributed by atoms with Gasteiger partial charge in [-0.05, 0) is 38.5 Å². The molecule has 0 saturated carbocycles. The smallest absolute Gasteiger partial charge is 0.309 e. The van der Waals surface area contributed by atoms with Gasteiger partial charge in [-0.1, -0.05) is 70.4 Å². The lowest BCUT2D eigenvalue weighted by molar-refractivity contribution is -0.927. The number of quaternary nitrogens is 1. The molecule has 0 aliphatic carbocycles. The molecule has 7 nitrogen and oxygen atoms in total. The van der Waals surface area contributed by atoms with Crippen molar-refractivity contribution in [2.45, 2.75) is 116 Å². The van der Waals surface area contributed by atoms with Gasteiger partial charge < -0.3 is 24.6 Å². The van der Waals surface area contributed by atoms with Gasteiger partial charge in [-0.2, -0.15) is 0 Å². The van der Waals surface area contributed by atoms with Crippen molar-refractivity contribution in [3.05, 3.63) is 12.2 Å². The Kier molecular flexibility index (Phi) is 20.4. The number of hydrogen-bond donors (Lipinski definition) is 2. The van der Waals surface area contributed by atoms with Crippen LogP contribution < -0.4 is 5.11 Å². The first-order valence-corrected chi connectivity index (χ1v) is 13.4. The molecule has 2 N–H and O–H groups in total. The summed E-state index contributed by atoms with van der Waals surface area (Å²) in [6, 6.07) is 0. The Morgan fingerprint density at radius 3 is 1.47 bits per heavy atom. The molecule has 198 valence electrons. The standard InChI is InChI=1S/C27H49NO6/c1-2-3-4-5-6-7-8-9-10-11-12-13-14-15-16-17-21-28(22-18-25(29)30,23-19-26(31)32)24-20-27(33)34/h12-13H,2-11,14-24H2,1H3,(H2-,29,30,31,32,33,34)/b13-12+. The molecular formula is C27H49NO6. The molecule has 0 bridgehead atoms. The maximum absolute atomic E-state index is 11.1. The van der Waals surface area contributed by atoms with Crippen LogP contribution >= 0.6 is 0 Å². The first-order chi connectivity index (χ1) is 16.3. The normalized spacial score (nSPS) is 11.8. The summed E-state index contributed by atoms with van der Waals surface area (Å²) in [6.07, 6.45) is 21.1. The van der Waals surface area contributed by atoms with Crippen LogP contribution in [-0.4, -0.2) is 58.8 Å². The topological polar surface area (TPSA) is 115 Å². The van der Waals surface area contributed by atoms with Gasteiger partial charge in [-0.25, -0.2) is 0 Å². The number of aliphatic carboxylic acids is 3. The zero-order valence-electron chi connectivity index (χ0n) is 21.5. The van der Waals surface area contributed by atoms with Gasteiger partial charge >= 0.3 is 11.9 Å². The minimum Gasteiger partial charge on any atom is -0.550 e. The summed E-state index contributed by atoms with van der Waals surface area (Å²) in [4.78, 5) is 33.2. The maximum atomic E-state index is 11.1. The molecule has 0 aliphatic rings. The first kappa shape index (κ1) is 32.1. The molecule has 34 heavy (non-hydrogen) atoms. The molecule has 0 fully saturated rings. The highest BCUT2D eigenvalue weighted by molar-refractivity contribution is 5.67. The molecule has 0 aromatic carbocycles. The Bertz CT molecular complexity index is 530. The Balaban J connectivity index is 4.15. The number of carbonyl (C=O) groups is 3. The van der Waals surface area contributed by atoms with Crippen LogP contribution in [0.2, 0.25) is 0 Å². The van der Waals surface area contributed by atoms with Gasteiger partial charge in [0.1, 0.15) is 0 Å². The highest BCUT2D eigenvalue weighted by Gasteiger charge is 2.28. The van der Waals surface area contributed by atoms with Crippen LogP contribution in [-0.2, 0) is 14.4 Å². The molecule has 0 aromatic rings. The Hall–Kier alpha value is -1.89. The summed E-state index contributed by atoms with van der Waals surface area (Å²) in [6.45, 7) is 3.54. The van der Waals surface area contributed by atoms with Crippen LogP contribution in [0.15, 0.2) is 12.2 Å². The monoisotopic (exact) mass is 483 g/mol. The van der Waals surface area contributed by atoms with Crippen LogP contribution in [0.3, 0.4) is 0 Å². The number of unbranched alkanes of at least 4 members (excludes halogenated alkanes) is 12.